The van der Waals surface area contributed by atoms with E-state index < -0.39 is 0 Å². The molecule has 0 aliphatic rings. The maximum atomic E-state index is 12.7. The molecule has 0 saturated carbocycles. The number of benzene rings is 2. The number of anilines is 2. The number of halogens is 1. The molecule has 0 unspecified atom stereocenters. The molecular weight excluding hydrogens is 410 g/mol. The Labute approximate surface area is 175 Å². The van der Waals surface area contributed by atoms with E-state index in [0.717, 1.165) is 22.2 Å². The van der Waals surface area contributed by atoms with Crippen LogP contribution in [-0.2, 0) is 4.79 Å². The van der Waals surface area contributed by atoms with E-state index in [2.05, 4.69) is 15.6 Å². The molecule has 0 atom stereocenters. The highest BCUT2D eigenvalue weighted by Crippen LogP contribution is 2.32. The second kappa shape index (κ2) is 7.69. The Hall–Kier alpha value is -3.16. The van der Waals surface area contributed by atoms with E-state index in [1.807, 2.05) is 36.6 Å². The number of carbonyl (C=O) groups excluding carboxylic acids is 2. The van der Waals surface area contributed by atoms with Crippen LogP contribution in [0.25, 0.3) is 22.2 Å². The van der Waals surface area contributed by atoms with Gasteiger partial charge in [-0.25, -0.2) is 4.98 Å². The Morgan fingerprint density at radius 2 is 1.86 bits per heavy atom. The number of thiazole rings is 1. The molecule has 0 aliphatic heterocycles. The second-order valence-corrected chi connectivity index (χ2v) is 7.69. The van der Waals surface area contributed by atoms with Crippen LogP contribution in [-0.4, -0.2) is 16.8 Å². The van der Waals surface area contributed by atoms with Crippen LogP contribution in [0.15, 0.2) is 52.3 Å². The van der Waals surface area contributed by atoms with Crippen molar-refractivity contribution in [2.24, 2.45) is 0 Å². The Bertz CT molecular complexity index is 1230. The summed E-state index contributed by atoms with van der Waals surface area (Å²) in [5.41, 5.74) is 3.54. The number of carbonyl (C=O) groups is 2. The number of aryl methyl sites for hydroxylation is 1. The van der Waals surface area contributed by atoms with Gasteiger partial charge in [0.1, 0.15) is 0 Å². The van der Waals surface area contributed by atoms with Gasteiger partial charge in [0.05, 0.1) is 10.7 Å². The SMILES string of the molecule is CC(=O)Nc1ccc(-c2csc(NC(=O)c3oc4c(Cl)cccc4c3C)n2)cc1. The molecule has 146 valence electrons. The second-order valence-electron chi connectivity index (χ2n) is 6.42. The first kappa shape index (κ1) is 19.2. The van der Waals surface area contributed by atoms with Crippen LogP contribution in [0.1, 0.15) is 23.0 Å². The zero-order chi connectivity index (χ0) is 20.5. The minimum atomic E-state index is -0.378. The quantitative estimate of drug-likeness (QED) is 0.437. The Morgan fingerprint density at radius 3 is 2.55 bits per heavy atom. The van der Waals surface area contributed by atoms with Gasteiger partial charge in [0, 0.05) is 34.5 Å². The third kappa shape index (κ3) is 3.87. The summed E-state index contributed by atoms with van der Waals surface area (Å²) in [6.07, 6.45) is 0. The number of furan rings is 1. The third-order valence-electron chi connectivity index (χ3n) is 4.35. The number of rotatable bonds is 4. The first-order chi connectivity index (χ1) is 13.9. The molecule has 6 nitrogen and oxygen atoms in total. The molecule has 2 aromatic heterocycles. The van der Waals surface area contributed by atoms with Crippen LogP contribution in [0, 0.1) is 6.92 Å². The predicted octanol–water partition coefficient (Wildman–Crippen LogP) is 5.73. The van der Waals surface area contributed by atoms with Crippen molar-refractivity contribution in [1.29, 1.82) is 0 Å². The lowest BCUT2D eigenvalue weighted by atomic mass is 10.1. The first-order valence-corrected chi connectivity index (χ1v) is 10.0. The van der Waals surface area contributed by atoms with Gasteiger partial charge in [-0.1, -0.05) is 35.9 Å². The van der Waals surface area contributed by atoms with Gasteiger partial charge in [0.25, 0.3) is 5.91 Å². The maximum Gasteiger partial charge on any atom is 0.293 e. The van der Waals surface area contributed by atoms with Gasteiger partial charge in [0.15, 0.2) is 16.5 Å². The third-order valence-corrected chi connectivity index (χ3v) is 5.40. The van der Waals surface area contributed by atoms with Gasteiger partial charge in [-0.15, -0.1) is 11.3 Å². The van der Waals surface area contributed by atoms with E-state index in [4.69, 9.17) is 16.0 Å². The molecule has 2 aromatic carbocycles. The molecule has 4 aromatic rings. The average Bonchev–Trinajstić information content (AvgIpc) is 3.28. The number of nitrogens with zero attached hydrogens (tertiary/aromatic N) is 1. The van der Waals surface area contributed by atoms with Crippen molar-refractivity contribution in [3.8, 4) is 11.3 Å². The van der Waals surface area contributed by atoms with Crippen molar-refractivity contribution in [3.05, 3.63) is 64.2 Å². The maximum absolute atomic E-state index is 12.7. The Morgan fingerprint density at radius 1 is 1.10 bits per heavy atom. The number of fused-ring (bicyclic) bond motifs is 1. The van der Waals surface area contributed by atoms with E-state index in [-0.39, 0.29) is 17.6 Å². The fourth-order valence-electron chi connectivity index (χ4n) is 2.97. The molecule has 2 heterocycles. The Balaban J connectivity index is 1.53. The molecule has 0 spiro atoms. The summed E-state index contributed by atoms with van der Waals surface area (Å²) < 4.78 is 5.70. The van der Waals surface area contributed by atoms with Gasteiger partial charge in [-0.05, 0) is 25.1 Å². The van der Waals surface area contributed by atoms with E-state index in [1.54, 1.807) is 18.2 Å². The smallest absolute Gasteiger partial charge is 0.293 e. The van der Waals surface area contributed by atoms with E-state index in [0.29, 0.717) is 21.4 Å². The lowest BCUT2D eigenvalue weighted by Gasteiger charge is -2.03. The van der Waals surface area contributed by atoms with E-state index in [1.165, 1.54) is 18.3 Å². The summed E-state index contributed by atoms with van der Waals surface area (Å²) >= 11 is 7.48. The number of aromatic nitrogens is 1. The molecule has 4 rings (SSSR count). The van der Waals surface area contributed by atoms with Crippen molar-refractivity contribution in [2.75, 3.05) is 10.6 Å². The molecule has 8 heteroatoms. The number of nitrogens with one attached hydrogen (secondary N) is 2. The van der Waals surface area contributed by atoms with Crippen LogP contribution in [0.2, 0.25) is 5.02 Å². The van der Waals surface area contributed by atoms with Crippen LogP contribution in [0.5, 0.6) is 0 Å². The highest BCUT2D eigenvalue weighted by atomic mass is 35.5. The standard InChI is InChI=1S/C21H16ClN3O3S/c1-11-15-4-3-5-16(22)19(15)28-18(11)20(27)25-21-24-17(10-29-21)13-6-8-14(9-7-13)23-12(2)26/h3-10H,1-2H3,(H,23,26)(H,24,25,27). The van der Waals surface area contributed by atoms with Crippen molar-refractivity contribution in [3.63, 3.8) is 0 Å². The summed E-state index contributed by atoms with van der Waals surface area (Å²) in [4.78, 5) is 28.3. The largest absolute Gasteiger partial charge is 0.449 e. The first-order valence-electron chi connectivity index (χ1n) is 8.75. The van der Waals surface area contributed by atoms with Gasteiger partial charge in [-0.3, -0.25) is 14.9 Å². The summed E-state index contributed by atoms with van der Waals surface area (Å²) in [6, 6.07) is 12.7. The number of amides is 2. The molecule has 0 radical (unpaired) electrons. The van der Waals surface area contributed by atoms with Crippen molar-refractivity contribution >= 4 is 56.5 Å². The van der Waals surface area contributed by atoms with E-state index in [9.17, 15) is 9.59 Å². The number of hydrogen-bond donors (Lipinski definition) is 2. The minimum absolute atomic E-state index is 0.126. The molecule has 0 fully saturated rings. The van der Waals surface area contributed by atoms with Crippen molar-refractivity contribution in [2.45, 2.75) is 13.8 Å². The molecule has 0 bridgehead atoms. The van der Waals surface area contributed by atoms with Gasteiger partial charge < -0.3 is 9.73 Å². The van der Waals surface area contributed by atoms with E-state index >= 15 is 0 Å². The fraction of sp³-hybridized carbons (Fsp3) is 0.0952. The van der Waals surface area contributed by atoms with Crippen molar-refractivity contribution in [1.82, 2.24) is 4.98 Å². The van der Waals surface area contributed by atoms with Crippen LogP contribution < -0.4 is 10.6 Å². The zero-order valence-electron chi connectivity index (χ0n) is 15.6. The highest BCUT2D eigenvalue weighted by molar-refractivity contribution is 7.14. The molecular formula is C21H16ClN3O3S. The molecule has 2 amide bonds. The fourth-order valence-corrected chi connectivity index (χ4v) is 3.90. The molecule has 0 aliphatic carbocycles. The monoisotopic (exact) mass is 425 g/mol. The summed E-state index contributed by atoms with van der Waals surface area (Å²) in [5.74, 6) is -0.292. The summed E-state index contributed by atoms with van der Waals surface area (Å²) in [7, 11) is 0. The van der Waals surface area contributed by atoms with Crippen molar-refractivity contribution < 1.29 is 14.0 Å². The van der Waals surface area contributed by atoms with Gasteiger partial charge >= 0.3 is 0 Å². The predicted molar refractivity (Wildman–Crippen MR) is 116 cm³/mol. The van der Waals surface area contributed by atoms with Gasteiger partial charge in [0.2, 0.25) is 5.91 Å². The lowest BCUT2D eigenvalue weighted by molar-refractivity contribution is -0.114. The summed E-state index contributed by atoms with van der Waals surface area (Å²) in [6.45, 7) is 3.28. The Kier molecular flexibility index (Phi) is 5.08. The highest BCUT2D eigenvalue weighted by Gasteiger charge is 2.20. The lowest BCUT2D eigenvalue weighted by Crippen LogP contribution is -2.11. The average molecular weight is 426 g/mol. The number of para-hydroxylation sites is 1. The minimum Gasteiger partial charge on any atom is -0.449 e. The topological polar surface area (TPSA) is 84.2 Å². The number of hydrogen-bond acceptors (Lipinski definition) is 5. The molecule has 2 N–H and O–H groups in total. The van der Waals surface area contributed by atoms with Gasteiger partial charge in [-0.2, -0.15) is 0 Å². The summed E-state index contributed by atoms with van der Waals surface area (Å²) in [5, 5.41) is 9.08. The van der Waals surface area contributed by atoms with Crippen LogP contribution >= 0.6 is 22.9 Å². The zero-order valence-corrected chi connectivity index (χ0v) is 17.1. The molecule has 0 saturated heterocycles. The van der Waals surface area contributed by atoms with Crippen LogP contribution in [0.4, 0.5) is 10.8 Å². The normalized spacial score (nSPS) is 10.9. The van der Waals surface area contributed by atoms with Crippen LogP contribution in [0.3, 0.4) is 0 Å². The molecule has 29 heavy (non-hydrogen) atoms.